The number of piperidine rings is 1. The van der Waals surface area contributed by atoms with E-state index in [-0.39, 0.29) is 29.6 Å². The van der Waals surface area contributed by atoms with Gasteiger partial charge in [0.2, 0.25) is 17.7 Å². The van der Waals surface area contributed by atoms with Crippen LogP contribution in [0.2, 0.25) is 0 Å². The summed E-state index contributed by atoms with van der Waals surface area (Å²) < 4.78 is 0. The summed E-state index contributed by atoms with van der Waals surface area (Å²) >= 11 is 0. The molecule has 1 aliphatic rings. The molecule has 0 aliphatic carbocycles. The van der Waals surface area contributed by atoms with Gasteiger partial charge in [0, 0.05) is 32.6 Å². The second-order valence-electron chi connectivity index (χ2n) is 8.53. The molecule has 1 aromatic carbocycles. The van der Waals surface area contributed by atoms with Crippen molar-refractivity contribution in [3.63, 3.8) is 0 Å². The normalized spacial score (nSPS) is 15.7. The van der Waals surface area contributed by atoms with Gasteiger partial charge in [-0.2, -0.15) is 0 Å². The molecule has 1 aliphatic heterocycles. The lowest BCUT2D eigenvalue weighted by Crippen LogP contribution is -2.55. The summed E-state index contributed by atoms with van der Waals surface area (Å²) in [5.41, 5.74) is 1.01. The molecule has 6 heteroatoms. The molecule has 30 heavy (non-hydrogen) atoms. The van der Waals surface area contributed by atoms with Gasteiger partial charge < -0.3 is 15.1 Å². The minimum absolute atomic E-state index is 0.00818. The monoisotopic (exact) mass is 415 g/mol. The number of carbonyl (C=O) groups is 3. The summed E-state index contributed by atoms with van der Waals surface area (Å²) in [4.78, 5) is 41.9. The van der Waals surface area contributed by atoms with E-state index in [1.165, 1.54) is 0 Å². The highest BCUT2D eigenvalue weighted by Gasteiger charge is 2.35. The smallest absolute Gasteiger partial charge is 0.245 e. The van der Waals surface area contributed by atoms with Crippen LogP contribution in [0.15, 0.2) is 30.3 Å². The maximum atomic E-state index is 13.1. The van der Waals surface area contributed by atoms with Crippen molar-refractivity contribution in [1.29, 1.82) is 0 Å². The fraction of sp³-hybridized carbons (Fsp3) is 0.625. The number of nitrogens with one attached hydrogen (secondary N) is 1. The van der Waals surface area contributed by atoms with Crippen LogP contribution in [-0.2, 0) is 20.8 Å². The van der Waals surface area contributed by atoms with E-state index in [0.29, 0.717) is 39.0 Å². The average molecular weight is 416 g/mol. The Kier molecular flexibility index (Phi) is 9.34. The van der Waals surface area contributed by atoms with Gasteiger partial charge in [0.05, 0.1) is 6.42 Å². The van der Waals surface area contributed by atoms with E-state index < -0.39 is 6.04 Å². The second-order valence-corrected chi connectivity index (χ2v) is 8.53. The number of hydrogen-bond donors (Lipinski definition) is 1. The molecule has 3 amide bonds. The summed E-state index contributed by atoms with van der Waals surface area (Å²) in [5.74, 6) is 0.334. The molecular formula is C24H37N3O3. The van der Waals surface area contributed by atoms with E-state index in [1.54, 1.807) is 4.90 Å². The van der Waals surface area contributed by atoms with Gasteiger partial charge >= 0.3 is 0 Å². The van der Waals surface area contributed by atoms with E-state index >= 15 is 0 Å². The molecular weight excluding hydrogens is 378 g/mol. The van der Waals surface area contributed by atoms with E-state index in [0.717, 1.165) is 18.4 Å². The van der Waals surface area contributed by atoms with Crippen molar-refractivity contribution in [3.05, 3.63) is 35.9 Å². The van der Waals surface area contributed by atoms with Gasteiger partial charge in [-0.3, -0.25) is 14.4 Å². The van der Waals surface area contributed by atoms with E-state index in [4.69, 9.17) is 0 Å². The topological polar surface area (TPSA) is 69.7 Å². The van der Waals surface area contributed by atoms with Crippen molar-refractivity contribution in [2.45, 2.75) is 59.4 Å². The largest absolute Gasteiger partial charge is 0.344 e. The number of rotatable bonds is 9. The fourth-order valence-electron chi connectivity index (χ4n) is 4.08. The first-order valence-corrected chi connectivity index (χ1v) is 11.3. The molecule has 1 N–H and O–H groups in total. The van der Waals surface area contributed by atoms with Crippen molar-refractivity contribution in [3.8, 4) is 0 Å². The molecule has 1 heterocycles. The van der Waals surface area contributed by atoms with Gasteiger partial charge in [0.25, 0.3) is 0 Å². The Bertz CT molecular complexity index is 693. The zero-order chi connectivity index (χ0) is 22.1. The Balaban J connectivity index is 2.01. The summed E-state index contributed by atoms with van der Waals surface area (Å²) in [7, 11) is 0. The van der Waals surface area contributed by atoms with Crippen LogP contribution < -0.4 is 5.32 Å². The van der Waals surface area contributed by atoms with Crippen LogP contribution in [0, 0.1) is 11.8 Å². The molecule has 0 radical (unpaired) electrons. The van der Waals surface area contributed by atoms with Crippen LogP contribution in [0.25, 0.3) is 0 Å². The second kappa shape index (κ2) is 11.7. The molecule has 1 aromatic rings. The first kappa shape index (κ1) is 23.9. The van der Waals surface area contributed by atoms with E-state index in [1.807, 2.05) is 62.9 Å². The van der Waals surface area contributed by atoms with Crippen molar-refractivity contribution >= 4 is 17.7 Å². The van der Waals surface area contributed by atoms with Crippen LogP contribution in [0.4, 0.5) is 0 Å². The third kappa shape index (κ3) is 6.85. The summed E-state index contributed by atoms with van der Waals surface area (Å²) in [6.07, 6.45) is 2.26. The third-order valence-electron chi connectivity index (χ3n) is 5.81. The van der Waals surface area contributed by atoms with E-state index in [2.05, 4.69) is 5.32 Å². The SMILES string of the molecule is CCN(CC)C(=O)[C@@H](NC(=O)CC(C)C)C1CCN(C(=O)Cc2ccccc2)CC1. The van der Waals surface area contributed by atoms with Crippen LogP contribution in [0.3, 0.4) is 0 Å². The van der Waals surface area contributed by atoms with Crippen LogP contribution in [0.1, 0.15) is 52.5 Å². The Labute approximate surface area is 181 Å². The minimum Gasteiger partial charge on any atom is -0.344 e. The Morgan fingerprint density at radius 3 is 2.20 bits per heavy atom. The average Bonchev–Trinajstić information content (AvgIpc) is 2.73. The molecule has 0 unspecified atom stereocenters. The van der Waals surface area contributed by atoms with Gasteiger partial charge in [-0.05, 0) is 44.1 Å². The zero-order valence-electron chi connectivity index (χ0n) is 18.9. The third-order valence-corrected chi connectivity index (χ3v) is 5.81. The molecule has 6 nitrogen and oxygen atoms in total. The number of likely N-dealkylation sites (tertiary alicyclic amines) is 1. The van der Waals surface area contributed by atoms with Gasteiger partial charge in [0.1, 0.15) is 6.04 Å². The molecule has 0 aromatic heterocycles. The standard InChI is InChI=1S/C24H37N3O3/c1-5-26(6-2)24(30)23(25-21(28)16-18(3)4)20-12-14-27(15-13-20)22(29)17-19-10-8-7-9-11-19/h7-11,18,20,23H,5-6,12-17H2,1-4H3,(H,25,28)/t23-/m0/s1. The lowest BCUT2D eigenvalue weighted by Gasteiger charge is -2.37. The maximum Gasteiger partial charge on any atom is 0.245 e. The number of likely N-dealkylation sites (N-methyl/N-ethyl adjacent to an activating group) is 1. The summed E-state index contributed by atoms with van der Waals surface area (Å²) in [5, 5.41) is 3.02. The predicted octanol–water partition coefficient (Wildman–Crippen LogP) is 2.87. The molecule has 2 rings (SSSR count). The number of carbonyl (C=O) groups excluding carboxylic acids is 3. The lowest BCUT2D eigenvalue weighted by atomic mass is 9.87. The highest BCUT2D eigenvalue weighted by Crippen LogP contribution is 2.23. The predicted molar refractivity (Wildman–Crippen MR) is 119 cm³/mol. The quantitative estimate of drug-likeness (QED) is 0.674. The Morgan fingerprint density at radius 2 is 1.67 bits per heavy atom. The first-order chi connectivity index (χ1) is 14.3. The highest BCUT2D eigenvalue weighted by atomic mass is 16.2. The van der Waals surface area contributed by atoms with Gasteiger partial charge in [-0.25, -0.2) is 0 Å². The van der Waals surface area contributed by atoms with Gasteiger partial charge in [-0.15, -0.1) is 0 Å². The maximum absolute atomic E-state index is 13.1. The molecule has 1 atom stereocenters. The lowest BCUT2D eigenvalue weighted by molar-refractivity contribution is -0.139. The van der Waals surface area contributed by atoms with Crippen molar-refractivity contribution in [2.75, 3.05) is 26.2 Å². The zero-order valence-corrected chi connectivity index (χ0v) is 18.9. The highest BCUT2D eigenvalue weighted by molar-refractivity contribution is 5.88. The summed E-state index contributed by atoms with van der Waals surface area (Å²) in [6.45, 7) is 10.4. The molecule has 1 saturated heterocycles. The van der Waals surface area contributed by atoms with Gasteiger partial charge in [-0.1, -0.05) is 44.2 Å². The van der Waals surface area contributed by atoms with Gasteiger partial charge in [0.15, 0.2) is 0 Å². The number of amides is 3. The number of nitrogens with zero attached hydrogens (tertiary/aromatic N) is 2. The number of benzene rings is 1. The Hall–Kier alpha value is -2.37. The van der Waals surface area contributed by atoms with Crippen LogP contribution in [0.5, 0.6) is 0 Å². The molecule has 0 bridgehead atoms. The minimum atomic E-state index is -0.512. The Morgan fingerprint density at radius 1 is 1.07 bits per heavy atom. The number of hydrogen-bond acceptors (Lipinski definition) is 3. The molecule has 166 valence electrons. The van der Waals surface area contributed by atoms with Crippen molar-refractivity contribution in [2.24, 2.45) is 11.8 Å². The molecule has 1 fully saturated rings. The van der Waals surface area contributed by atoms with Crippen molar-refractivity contribution < 1.29 is 14.4 Å². The molecule has 0 saturated carbocycles. The first-order valence-electron chi connectivity index (χ1n) is 11.3. The fourth-order valence-corrected chi connectivity index (χ4v) is 4.08. The van der Waals surface area contributed by atoms with E-state index in [9.17, 15) is 14.4 Å². The summed E-state index contributed by atoms with van der Waals surface area (Å²) in [6, 6.07) is 9.25. The van der Waals surface area contributed by atoms with Crippen LogP contribution >= 0.6 is 0 Å². The molecule has 0 spiro atoms. The van der Waals surface area contributed by atoms with Crippen molar-refractivity contribution in [1.82, 2.24) is 15.1 Å². The van der Waals surface area contributed by atoms with Crippen LogP contribution in [-0.4, -0.2) is 59.7 Å².